The lowest BCUT2D eigenvalue weighted by Crippen LogP contribution is -2.54. The second-order valence-electron chi connectivity index (χ2n) is 5.72. The average molecular weight is 280 g/mol. The highest BCUT2D eigenvalue weighted by Gasteiger charge is 2.35. The molecule has 6 nitrogen and oxygen atoms in total. The third-order valence-corrected chi connectivity index (χ3v) is 3.90. The van der Waals surface area contributed by atoms with Crippen LogP contribution in [0.15, 0.2) is 4.52 Å². The fraction of sp³-hybridized carbons (Fsp3) is 0.786. The summed E-state index contributed by atoms with van der Waals surface area (Å²) in [6, 6.07) is 0. The van der Waals surface area contributed by atoms with Crippen LogP contribution in [-0.2, 0) is 17.6 Å². The van der Waals surface area contributed by atoms with Crippen molar-refractivity contribution in [1.29, 1.82) is 0 Å². The Labute approximate surface area is 119 Å². The van der Waals surface area contributed by atoms with Crippen molar-refractivity contribution in [3.05, 3.63) is 11.7 Å². The third-order valence-electron chi connectivity index (χ3n) is 3.90. The molecule has 2 heterocycles. The van der Waals surface area contributed by atoms with Crippen LogP contribution in [-0.4, -0.2) is 46.1 Å². The Bertz CT molecular complexity index is 450. The molecule has 0 bridgehead atoms. The Morgan fingerprint density at radius 2 is 2.10 bits per heavy atom. The molecule has 1 N–H and O–H groups in total. The number of rotatable bonds is 6. The van der Waals surface area contributed by atoms with Crippen molar-refractivity contribution < 1.29 is 9.32 Å². The van der Waals surface area contributed by atoms with Crippen LogP contribution in [0, 0.1) is 0 Å². The van der Waals surface area contributed by atoms with Crippen LogP contribution in [0.25, 0.3) is 0 Å². The minimum Gasteiger partial charge on any atom is -0.354 e. The molecule has 1 aliphatic rings. The molecule has 1 fully saturated rings. The normalized spacial score (nSPS) is 16.6. The SMILES string of the molecule is CCc1noc(CCNC(=O)C(C)(C)N2CCCC2)n1. The fourth-order valence-electron chi connectivity index (χ4n) is 2.45. The van der Waals surface area contributed by atoms with Gasteiger partial charge in [0.1, 0.15) is 0 Å². The monoisotopic (exact) mass is 280 g/mol. The van der Waals surface area contributed by atoms with Gasteiger partial charge in [0.15, 0.2) is 5.82 Å². The summed E-state index contributed by atoms with van der Waals surface area (Å²) >= 11 is 0. The second-order valence-corrected chi connectivity index (χ2v) is 5.72. The number of carbonyl (C=O) groups is 1. The van der Waals surface area contributed by atoms with Gasteiger partial charge in [0, 0.05) is 19.4 Å². The number of aromatic nitrogens is 2. The third kappa shape index (κ3) is 3.36. The Hall–Kier alpha value is -1.43. The molecule has 112 valence electrons. The van der Waals surface area contributed by atoms with Crippen LogP contribution in [0.1, 0.15) is 45.3 Å². The van der Waals surface area contributed by atoms with E-state index in [-0.39, 0.29) is 5.91 Å². The second kappa shape index (κ2) is 6.35. The molecule has 0 unspecified atom stereocenters. The van der Waals surface area contributed by atoms with Crippen LogP contribution in [0.4, 0.5) is 0 Å². The summed E-state index contributed by atoms with van der Waals surface area (Å²) in [7, 11) is 0. The maximum Gasteiger partial charge on any atom is 0.239 e. The van der Waals surface area contributed by atoms with Gasteiger partial charge in [-0.25, -0.2) is 0 Å². The summed E-state index contributed by atoms with van der Waals surface area (Å²) in [4.78, 5) is 18.7. The van der Waals surface area contributed by atoms with Gasteiger partial charge in [-0.05, 0) is 39.8 Å². The lowest BCUT2D eigenvalue weighted by atomic mass is 10.0. The zero-order chi connectivity index (χ0) is 14.6. The van der Waals surface area contributed by atoms with Crippen LogP contribution in [0.3, 0.4) is 0 Å². The van der Waals surface area contributed by atoms with Crippen molar-refractivity contribution in [3.63, 3.8) is 0 Å². The van der Waals surface area contributed by atoms with E-state index in [2.05, 4.69) is 20.4 Å². The van der Waals surface area contributed by atoms with Gasteiger partial charge in [0.25, 0.3) is 0 Å². The lowest BCUT2D eigenvalue weighted by Gasteiger charge is -2.33. The van der Waals surface area contributed by atoms with E-state index in [1.165, 1.54) is 12.8 Å². The van der Waals surface area contributed by atoms with Gasteiger partial charge in [-0.15, -0.1) is 0 Å². The van der Waals surface area contributed by atoms with E-state index >= 15 is 0 Å². The van der Waals surface area contributed by atoms with Crippen molar-refractivity contribution in [1.82, 2.24) is 20.4 Å². The first-order valence-electron chi connectivity index (χ1n) is 7.39. The molecular weight excluding hydrogens is 256 g/mol. The Kier molecular flexibility index (Phi) is 4.75. The van der Waals surface area contributed by atoms with E-state index in [9.17, 15) is 4.79 Å². The number of likely N-dealkylation sites (tertiary alicyclic amines) is 1. The molecule has 0 aromatic carbocycles. The van der Waals surface area contributed by atoms with E-state index in [4.69, 9.17) is 4.52 Å². The first-order chi connectivity index (χ1) is 9.54. The fourth-order valence-corrected chi connectivity index (χ4v) is 2.45. The molecule has 0 atom stereocenters. The Balaban J connectivity index is 1.79. The van der Waals surface area contributed by atoms with E-state index < -0.39 is 5.54 Å². The number of aryl methyl sites for hydroxylation is 1. The largest absolute Gasteiger partial charge is 0.354 e. The highest BCUT2D eigenvalue weighted by atomic mass is 16.5. The number of hydrogen-bond acceptors (Lipinski definition) is 5. The van der Waals surface area contributed by atoms with Crippen molar-refractivity contribution in [3.8, 4) is 0 Å². The molecule has 2 rings (SSSR count). The molecule has 1 aromatic heterocycles. The first kappa shape index (κ1) is 15.0. The average Bonchev–Trinajstić information content (AvgIpc) is 3.10. The number of carbonyl (C=O) groups excluding carboxylic acids is 1. The zero-order valence-corrected chi connectivity index (χ0v) is 12.6. The zero-order valence-electron chi connectivity index (χ0n) is 12.6. The summed E-state index contributed by atoms with van der Waals surface area (Å²) in [6.07, 6.45) is 3.70. The first-order valence-corrected chi connectivity index (χ1v) is 7.39. The highest BCUT2D eigenvalue weighted by Crippen LogP contribution is 2.20. The van der Waals surface area contributed by atoms with Crippen LogP contribution < -0.4 is 5.32 Å². The standard InChI is InChI=1S/C14H24N4O2/c1-4-11-16-12(20-17-11)7-8-15-13(19)14(2,3)18-9-5-6-10-18/h4-10H2,1-3H3,(H,15,19). The van der Waals surface area contributed by atoms with E-state index in [0.717, 1.165) is 19.5 Å². The predicted molar refractivity (Wildman–Crippen MR) is 75.3 cm³/mol. The van der Waals surface area contributed by atoms with Crippen molar-refractivity contribution >= 4 is 5.91 Å². The molecule has 0 spiro atoms. The lowest BCUT2D eigenvalue weighted by molar-refractivity contribution is -0.131. The number of hydrogen-bond donors (Lipinski definition) is 1. The summed E-state index contributed by atoms with van der Waals surface area (Å²) < 4.78 is 5.10. The van der Waals surface area contributed by atoms with Crippen molar-refractivity contribution in [2.45, 2.75) is 52.0 Å². The molecular formula is C14H24N4O2. The summed E-state index contributed by atoms with van der Waals surface area (Å²) in [5.74, 6) is 1.36. The van der Waals surface area contributed by atoms with Crippen molar-refractivity contribution in [2.75, 3.05) is 19.6 Å². The van der Waals surface area contributed by atoms with Crippen LogP contribution in [0.5, 0.6) is 0 Å². The van der Waals surface area contributed by atoms with E-state index in [1.54, 1.807) is 0 Å². The molecule has 1 amide bonds. The predicted octanol–water partition coefficient (Wildman–Crippen LogP) is 1.17. The maximum atomic E-state index is 12.3. The maximum absolute atomic E-state index is 12.3. The summed E-state index contributed by atoms with van der Waals surface area (Å²) in [5.41, 5.74) is -0.445. The smallest absolute Gasteiger partial charge is 0.239 e. The summed E-state index contributed by atoms with van der Waals surface area (Å²) in [5, 5.41) is 6.80. The Morgan fingerprint density at radius 3 is 2.70 bits per heavy atom. The van der Waals surface area contributed by atoms with Gasteiger partial charge in [-0.3, -0.25) is 9.69 Å². The molecule has 0 aliphatic carbocycles. The van der Waals surface area contributed by atoms with Crippen LogP contribution >= 0.6 is 0 Å². The van der Waals surface area contributed by atoms with Crippen LogP contribution in [0.2, 0.25) is 0 Å². The Morgan fingerprint density at radius 1 is 1.40 bits per heavy atom. The van der Waals surface area contributed by atoms with Gasteiger partial charge in [0.2, 0.25) is 11.8 Å². The minimum absolute atomic E-state index is 0.0645. The minimum atomic E-state index is -0.445. The topological polar surface area (TPSA) is 71.3 Å². The molecule has 6 heteroatoms. The molecule has 20 heavy (non-hydrogen) atoms. The van der Waals surface area contributed by atoms with Gasteiger partial charge in [-0.2, -0.15) is 4.98 Å². The van der Waals surface area contributed by atoms with Gasteiger partial charge in [0.05, 0.1) is 5.54 Å². The number of nitrogens with zero attached hydrogens (tertiary/aromatic N) is 3. The molecule has 1 aromatic rings. The molecule has 1 saturated heterocycles. The molecule has 0 saturated carbocycles. The van der Waals surface area contributed by atoms with E-state index in [1.807, 2.05) is 20.8 Å². The molecule has 1 aliphatic heterocycles. The van der Waals surface area contributed by atoms with Crippen molar-refractivity contribution in [2.24, 2.45) is 0 Å². The van der Waals surface area contributed by atoms with E-state index in [0.29, 0.717) is 24.7 Å². The quantitative estimate of drug-likeness (QED) is 0.847. The number of amides is 1. The summed E-state index contributed by atoms with van der Waals surface area (Å²) in [6.45, 7) is 8.48. The van der Waals surface area contributed by atoms with Gasteiger partial charge in [-0.1, -0.05) is 12.1 Å². The van der Waals surface area contributed by atoms with Gasteiger partial charge < -0.3 is 9.84 Å². The highest BCUT2D eigenvalue weighted by molar-refractivity contribution is 5.85. The molecule has 0 radical (unpaired) electrons. The number of nitrogens with one attached hydrogen (secondary N) is 1. The van der Waals surface area contributed by atoms with Gasteiger partial charge >= 0.3 is 0 Å².